The Morgan fingerprint density at radius 1 is 1.18 bits per heavy atom. The van der Waals surface area contributed by atoms with Crippen LogP contribution in [0.1, 0.15) is 31.7 Å². The molecule has 0 unspecified atom stereocenters. The van der Waals surface area contributed by atoms with Crippen molar-refractivity contribution in [2.75, 3.05) is 46.1 Å². The maximum Gasteiger partial charge on any atom is 0.242 e. The fourth-order valence-electron chi connectivity index (χ4n) is 2.89. The van der Waals surface area contributed by atoms with Gasteiger partial charge in [-0.1, -0.05) is 30.3 Å². The van der Waals surface area contributed by atoms with Crippen molar-refractivity contribution in [2.24, 2.45) is 10.9 Å². The lowest BCUT2D eigenvalue weighted by Crippen LogP contribution is -2.39. The monoisotopic (exact) mass is 390 g/mol. The lowest BCUT2D eigenvalue weighted by Gasteiger charge is -2.21. The highest BCUT2D eigenvalue weighted by Crippen LogP contribution is 2.14. The van der Waals surface area contributed by atoms with Crippen molar-refractivity contribution in [1.29, 1.82) is 0 Å². The van der Waals surface area contributed by atoms with Crippen LogP contribution in [0.3, 0.4) is 0 Å². The first-order valence-electron chi connectivity index (χ1n) is 10.3. The number of guanidine groups is 1. The van der Waals surface area contributed by atoms with E-state index in [4.69, 9.17) is 9.47 Å². The Morgan fingerprint density at radius 3 is 2.71 bits per heavy atom. The largest absolute Gasteiger partial charge is 0.381 e. The van der Waals surface area contributed by atoms with Crippen LogP contribution in [0.5, 0.6) is 0 Å². The minimum atomic E-state index is -0.0964. The highest BCUT2D eigenvalue weighted by atomic mass is 16.5. The summed E-state index contributed by atoms with van der Waals surface area (Å²) in [5, 5.41) is 9.29. The number of aliphatic imine (C=N–C) groups is 1. The van der Waals surface area contributed by atoms with Crippen molar-refractivity contribution in [3.05, 3.63) is 35.9 Å². The van der Waals surface area contributed by atoms with Crippen LogP contribution in [0.2, 0.25) is 0 Å². The van der Waals surface area contributed by atoms with Gasteiger partial charge in [-0.2, -0.15) is 0 Å². The first kappa shape index (κ1) is 22.2. The highest BCUT2D eigenvalue weighted by Gasteiger charge is 2.13. The zero-order valence-corrected chi connectivity index (χ0v) is 16.9. The van der Waals surface area contributed by atoms with Crippen LogP contribution in [-0.4, -0.2) is 57.9 Å². The van der Waals surface area contributed by atoms with E-state index in [1.807, 2.05) is 37.3 Å². The Hall–Kier alpha value is -2.12. The van der Waals surface area contributed by atoms with Crippen LogP contribution < -0.4 is 16.0 Å². The zero-order chi connectivity index (χ0) is 19.9. The molecule has 2 rings (SSSR count). The van der Waals surface area contributed by atoms with Crippen LogP contribution in [0.4, 0.5) is 0 Å². The van der Waals surface area contributed by atoms with E-state index in [9.17, 15) is 4.79 Å². The lowest BCUT2D eigenvalue weighted by atomic mass is 10.0. The van der Waals surface area contributed by atoms with E-state index < -0.39 is 0 Å². The van der Waals surface area contributed by atoms with Gasteiger partial charge in [0.1, 0.15) is 6.54 Å². The zero-order valence-electron chi connectivity index (χ0n) is 16.9. The minimum Gasteiger partial charge on any atom is -0.381 e. The topological polar surface area (TPSA) is 84.0 Å². The second kappa shape index (κ2) is 14.0. The van der Waals surface area contributed by atoms with E-state index in [1.165, 1.54) is 0 Å². The van der Waals surface area contributed by atoms with E-state index in [0.717, 1.165) is 64.3 Å². The predicted molar refractivity (Wildman–Crippen MR) is 111 cm³/mol. The normalized spacial score (nSPS) is 15.2. The number of hydrogen-bond donors (Lipinski definition) is 3. The molecule has 0 radical (unpaired) electrons. The van der Waals surface area contributed by atoms with Gasteiger partial charge >= 0.3 is 0 Å². The number of hydrogen-bond acceptors (Lipinski definition) is 4. The average Bonchev–Trinajstić information content (AvgIpc) is 2.74. The van der Waals surface area contributed by atoms with Gasteiger partial charge in [-0.25, -0.2) is 4.99 Å². The Kier molecular flexibility index (Phi) is 11.1. The number of amides is 1. The van der Waals surface area contributed by atoms with Crippen LogP contribution >= 0.6 is 0 Å². The molecule has 7 heteroatoms. The summed E-state index contributed by atoms with van der Waals surface area (Å²) in [4.78, 5) is 16.3. The number of ether oxygens (including phenoxy) is 2. The van der Waals surface area contributed by atoms with Crippen LogP contribution in [-0.2, 0) is 20.8 Å². The maximum atomic E-state index is 12.0. The second-order valence-corrected chi connectivity index (χ2v) is 6.87. The molecule has 28 heavy (non-hydrogen) atoms. The van der Waals surface area contributed by atoms with Gasteiger partial charge in [0.15, 0.2) is 5.96 Å². The van der Waals surface area contributed by atoms with Crippen molar-refractivity contribution in [1.82, 2.24) is 16.0 Å². The third kappa shape index (κ3) is 9.71. The number of carbonyl (C=O) groups excluding carboxylic acids is 1. The molecule has 1 aliphatic heterocycles. The van der Waals surface area contributed by atoms with Gasteiger partial charge in [-0.3, -0.25) is 4.79 Å². The molecule has 1 fully saturated rings. The minimum absolute atomic E-state index is 0.0964. The van der Waals surface area contributed by atoms with Gasteiger partial charge in [-0.15, -0.1) is 0 Å². The molecule has 0 spiro atoms. The number of rotatable bonds is 11. The Balaban J connectivity index is 1.57. The molecule has 1 amide bonds. The fraction of sp³-hybridized carbons (Fsp3) is 0.619. The van der Waals surface area contributed by atoms with Crippen molar-refractivity contribution < 1.29 is 14.3 Å². The summed E-state index contributed by atoms with van der Waals surface area (Å²) in [6, 6.07) is 9.85. The molecule has 156 valence electrons. The molecule has 1 aromatic rings. The molecule has 0 bridgehead atoms. The maximum absolute atomic E-state index is 12.0. The van der Waals surface area contributed by atoms with Crippen LogP contribution in [0, 0.1) is 5.92 Å². The smallest absolute Gasteiger partial charge is 0.242 e. The summed E-state index contributed by atoms with van der Waals surface area (Å²) in [5.41, 5.74) is 1.07. The van der Waals surface area contributed by atoms with Gasteiger partial charge in [0.25, 0.3) is 0 Å². The first-order valence-corrected chi connectivity index (χ1v) is 10.3. The van der Waals surface area contributed by atoms with Crippen LogP contribution in [0.15, 0.2) is 35.3 Å². The van der Waals surface area contributed by atoms with E-state index in [2.05, 4.69) is 20.9 Å². The Morgan fingerprint density at radius 2 is 1.96 bits per heavy atom. The predicted octanol–water partition coefficient (Wildman–Crippen LogP) is 1.69. The van der Waals surface area contributed by atoms with Gasteiger partial charge in [0, 0.05) is 46.1 Å². The van der Waals surface area contributed by atoms with Crippen molar-refractivity contribution >= 4 is 11.9 Å². The quantitative estimate of drug-likeness (QED) is 0.304. The van der Waals surface area contributed by atoms with Crippen LogP contribution in [0.25, 0.3) is 0 Å². The van der Waals surface area contributed by atoms with Crippen molar-refractivity contribution in [2.45, 2.75) is 32.7 Å². The third-order valence-electron chi connectivity index (χ3n) is 4.51. The van der Waals surface area contributed by atoms with Gasteiger partial charge in [0.2, 0.25) is 5.91 Å². The molecule has 0 aromatic heterocycles. The van der Waals surface area contributed by atoms with E-state index in [-0.39, 0.29) is 12.5 Å². The molecule has 7 nitrogen and oxygen atoms in total. The number of benzene rings is 1. The van der Waals surface area contributed by atoms with E-state index in [0.29, 0.717) is 18.4 Å². The van der Waals surface area contributed by atoms with Gasteiger partial charge in [-0.05, 0) is 37.7 Å². The lowest BCUT2D eigenvalue weighted by molar-refractivity contribution is -0.119. The number of carbonyl (C=O) groups is 1. The standard InChI is InChI=1S/C21H34N4O3/c1-2-22-21(23-11-6-12-28-17-19-9-13-27-14-10-19)25-16-20(26)24-15-18-7-4-3-5-8-18/h3-5,7-8,19H,2,6,9-17H2,1H3,(H,24,26)(H2,22,23,25). The summed E-state index contributed by atoms with van der Waals surface area (Å²) in [6.45, 7) is 7.38. The summed E-state index contributed by atoms with van der Waals surface area (Å²) in [6.07, 6.45) is 3.09. The second-order valence-electron chi connectivity index (χ2n) is 6.87. The molecule has 0 atom stereocenters. The number of nitrogens with one attached hydrogen (secondary N) is 3. The molecule has 0 saturated carbocycles. The van der Waals surface area contributed by atoms with Gasteiger partial charge in [0.05, 0.1) is 0 Å². The third-order valence-corrected chi connectivity index (χ3v) is 4.51. The Labute approximate surface area is 168 Å². The molecule has 1 aliphatic rings. The number of nitrogens with zero attached hydrogens (tertiary/aromatic N) is 1. The molecular weight excluding hydrogens is 356 g/mol. The fourth-order valence-corrected chi connectivity index (χ4v) is 2.89. The summed E-state index contributed by atoms with van der Waals surface area (Å²) in [5.74, 6) is 1.19. The van der Waals surface area contributed by atoms with E-state index >= 15 is 0 Å². The highest BCUT2D eigenvalue weighted by molar-refractivity contribution is 5.84. The summed E-state index contributed by atoms with van der Waals surface area (Å²) >= 11 is 0. The van der Waals surface area contributed by atoms with E-state index in [1.54, 1.807) is 0 Å². The molecular formula is C21H34N4O3. The molecule has 1 aromatic carbocycles. The van der Waals surface area contributed by atoms with Crippen molar-refractivity contribution in [3.8, 4) is 0 Å². The van der Waals surface area contributed by atoms with Gasteiger partial charge < -0.3 is 25.4 Å². The molecule has 0 aliphatic carbocycles. The first-order chi connectivity index (χ1) is 13.8. The summed E-state index contributed by atoms with van der Waals surface area (Å²) < 4.78 is 11.1. The molecule has 3 N–H and O–H groups in total. The molecule has 1 heterocycles. The van der Waals surface area contributed by atoms with Crippen molar-refractivity contribution in [3.63, 3.8) is 0 Å². The molecule has 1 saturated heterocycles. The summed E-state index contributed by atoms with van der Waals surface area (Å²) in [7, 11) is 0. The Bertz CT molecular complexity index is 574. The average molecular weight is 391 g/mol. The SMILES string of the molecule is CCNC(=NCC(=O)NCc1ccccc1)NCCCOCC1CCOCC1.